The third kappa shape index (κ3) is 5.89. The molecule has 3 rings (SSSR count). The molecule has 0 spiro atoms. The van der Waals surface area contributed by atoms with Gasteiger partial charge in [-0.05, 0) is 30.0 Å². The molecular weight excluding hydrogens is 374 g/mol. The van der Waals surface area contributed by atoms with E-state index in [1.807, 2.05) is 24.3 Å². The van der Waals surface area contributed by atoms with E-state index in [0.717, 1.165) is 35.9 Å². The summed E-state index contributed by atoms with van der Waals surface area (Å²) in [5, 5.41) is 11.8. The summed E-state index contributed by atoms with van der Waals surface area (Å²) in [6.45, 7) is 0.478. The number of nitrogens with two attached hydrogens (primary N) is 1. The molecule has 28 heavy (non-hydrogen) atoms. The van der Waals surface area contributed by atoms with E-state index in [1.165, 1.54) is 48.5 Å². The minimum atomic E-state index is -0.0624. The number of hydrogen-bond acceptors (Lipinski definition) is 6. The topological polar surface area (TPSA) is 95.1 Å². The molecule has 1 aromatic carbocycles. The standard InChI is InChI=1S/C20H29N5O2S/c1-27-17-10-7-16(8-11-17)13-22-19(26)14-28-20-24-23-18(25(20)21)12-9-15-5-3-2-4-6-15/h7-8,10-11,15H,2-6,9,12-14,21H2,1H3,(H,22,26). The average Bonchev–Trinajstić information content (AvgIpc) is 3.09. The van der Waals surface area contributed by atoms with Gasteiger partial charge in [-0.25, -0.2) is 4.68 Å². The Labute approximate surface area is 170 Å². The number of rotatable bonds is 9. The fourth-order valence-electron chi connectivity index (χ4n) is 3.51. The summed E-state index contributed by atoms with van der Waals surface area (Å²) in [6, 6.07) is 7.62. The zero-order valence-electron chi connectivity index (χ0n) is 16.4. The smallest absolute Gasteiger partial charge is 0.230 e. The van der Waals surface area contributed by atoms with Crippen molar-refractivity contribution < 1.29 is 9.53 Å². The zero-order chi connectivity index (χ0) is 19.8. The number of benzene rings is 1. The maximum atomic E-state index is 12.1. The minimum absolute atomic E-state index is 0.0624. The van der Waals surface area contributed by atoms with Crippen LogP contribution in [0.5, 0.6) is 5.75 Å². The predicted molar refractivity (Wildman–Crippen MR) is 111 cm³/mol. The molecular formula is C20H29N5O2S. The van der Waals surface area contributed by atoms with Crippen LogP contribution in [-0.4, -0.2) is 33.6 Å². The van der Waals surface area contributed by atoms with Crippen LogP contribution in [-0.2, 0) is 17.8 Å². The second kappa shape index (κ2) is 10.4. The van der Waals surface area contributed by atoms with Crippen LogP contribution in [0.25, 0.3) is 0 Å². The lowest BCUT2D eigenvalue weighted by Crippen LogP contribution is -2.25. The molecule has 0 bridgehead atoms. The third-order valence-electron chi connectivity index (χ3n) is 5.22. The van der Waals surface area contributed by atoms with E-state index < -0.39 is 0 Å². The van der Waals surface area contributed by atoms with Crippen LogP contribution in [0.15, 0.2) is 29.4 Å². The average molecular weight is 404 g/mol. The van der Waals surface area contributed by atoms with Gasteiger partial charge in [-0.2, -0.15) is 0 Å². The van der Waals surface area contributed by atoms with E-state index in [9.17, 15) is 4.79 Å². The summed E-state index contributed by atoms with van der Waals surface area (Å²) in [7, 11) is 1.63. The maximum absolute atomic E-state index is 12.1. The van der Waals surface area contributed by atoms with E-state index in [1.54, 1.807) is 7.11 Å². The van der Waals surface area contributed by atoms with Gasteiger partial charge in [-0.3, -0.25) is 4.79 Å². The molecule has 1 aliphatic carbocycles. The Bertz CT molecular complexity index is 756. The predicted octanol–water partition coefficient (Wildman–Crippen LogP) is 2.92. The molecule has 1 aromatic heterocycles. The van der Waals surface area contributed by atoms with Crippen molar-refractivity contribution >= 4 is 17.7 Å². The van der Waals surface area contributed by atoms with Crippen LogP contribution in [0.2, 0.25) is 0 Å². The molecule has 0 unspecified atom stereocenters. The van der Waals surface area contributed by atoms with Crippen LogP contribution in [0, 0.1) is 5.92 Å². The number of carbonyl (C=O) groups is 1. The van der Waals surface area contributed by atoms with E-state index in [0.29, 0.717) is 11.7 Å². The lowest BCUT2D eigenvalue weighted by atomic mass is 9.86. The first-order chi connectivity index (χ1) is 13.7. The molecule has 1 aliphatic rings. The van der Waals surface area contributed by atoms with Gasteiger partial charge in [0, 0.05) is 13.0 Å². The molecule has 1 heterocycles. The van der Waals surface area contributed by atoms with E-state index in [4.69, 9.17) is 10.6 Å². The highest BCUT2D eigenvalue weighted by Gasteiger charge is 2.17. The molecule has 1 fully saturated rings. The van der Waals surface area contributed by atoms with Crippen molar-refractivity contribution in [1.82, 2.24) is 20.2 Å². The summed E-state index contributed by atoms with van der Waals surface area (Å²) < 4.78 is 6.66. The summed E-state index contributed by atoms with van der Waals surface area (Å²) in [6.07, 6.45) is 8.63. The maximum Gasteiger partial charge on any atom is 0.230 e. The number of thioether (sulfide) groups is 1. The number of aryl methyl sites for hydroxylation is 1. The molecule has 1 amide bonds. The van der Waals surface area contributed by atoms with Crippen molar-refractivity contribution in [2.45, 2.75) is 56.6 Å². The van der Waals surface area contributed by atoms with Crippen molar-refractivity contribution in [3.05, 3.63) is 35.7 Å². The van der Waals surface area contributed by atoms with Crippen molar-refractivity contribution in [3.63, 3.8) is 0 Å². The quantitative estimate of drug-likeness (QED) is 0.494. The summed E-state index contributed by atoms with van der Waals surface area (Å²) in [5.74, 6) is 8.70. The van der Waals surface area contributed by atoms with Crippen LogP contribution >= 0.6 is 11.8 Å². The molecule has 152 valence electrons. The number of nitrogens with one attached hydrogen (secondary N) is 1. The highest BCUT2D eigenvalue weighted by molar-refractivity contribution is 7.99. The van der Waals surface area contributed by atoms with Gasteiger partial charge in [-0.1, -0.05) is 56.0 Å². The largest absolute Gasteiger partial charge is 0.497 e. The van der Waals surface area contributed by atoms with Gasteiger partial charge < -0.3 is 15.9 Å². The van der Waals surface area contributed by atoms with Gasteiger partial charge in [0.15, 0.2) is 5.82 Å². The van der Waals surface area contributed by atoms with Gasteiger partial charge in [-0.15, -0.1) is 10.2 Å². The molecule has 7 nitrogen and oxygen atoms in total. The molecule has 0 radical (unpaired) electrons. The highest BCUT2D eigenvalue weighted by Crippen LogP contribution is 2.27. The first kappa shape index (κ1) is 20.5. The number of hydrogen-bond donors (Lipinski definition) is 2. The molecule has 8 heteroatoms. The Hall–Kier alpha value is -2.22. The van der Waals surface area contributed by atoms with E-state index >= 15 is 0 Å². The molecule has 3 N–H and O–H groups in total. The number of carbonyl (C=O) groups excluding carboxylic acids is 1. The number of methoxy groups -OCH3 is 1. The van der Waals surface area contributed by atoms with Crippen LogP contribution < -0.4 is 15.9 Å². The fourth-order valence-corrected chi connectivity index (χ4v) is 4.22. The summed E-state index contributed by atoms with van der Waals surface area (Å²) in [5.41, 5.74) is 1.02. The fraction of sp³-hybridized carbons (Fsp3) is 0.550. The number of nitrogens with zero attached hydrogens (tertiary/aromatic N) is 3. The van der Waals surface area contributed by atoms with Crippen LogP contribution in [0.3, 0.4) is 0 Å². The monoisotopic (exact) mass is 403 g/mol. The summed E-state index contributed by atoms with van der Waals surface area (Å²) in [4.78, 5) is 12.1. The van der Waals surface area contributed by atoms with E-state index in [-0.39, 0.29) is 11.7 Å². The number of ether oxygens (including phenoxy) is 1. The summed E-state index contributed by atoms with van der Waals surface area (Å²) >= 11 is 1.31. The van der Waals surface area contributed by atoms with Gasteiger partial charge >= 0.3 is 0 Å². The second-order valence-electron chi connectivity index (χ2n) is 7.22. The van der Waals surface area contributed by atoms with Gasteiger partial charge in [0.25, 0.3) is 0 Å². The van der Waals surface area contributed by atoms with Crippen molar-refractivity contribution in [3.8, 4) is 5.75 Å². The number of nitrogen functional groups attached to an aromatic ring is 1. The molecule has 1 saturated carbocycles. The highest BCUT2D eigenvalue weighted by atomic mass is 32.2. The Morgan fingerprint density at radius 1 is 1.25 bits per heavy atom. The van der Waals surface area contributed by atoms with Gasteiger partial charge in [0.05, 0.1) is 12.9 Å². The van der Waals surface area contributed by atoms with Gasteiger partial charge in [0.1, 0.15) is 5.75 Å². The molecule has 2 aromatic rings. The SMILES string of the molecule is COc1ccc(CNC(=O)CSc2nnc(CCC3CCCCC3)n2N)cc1. The Morgan fingerprint density at radius 3 is 2.71 bits per heavy atom. The lowest BCUT2D eigenvalue weighted by molar-refractivity contribution is -0.118. The number of amides is 1. The molecule has 0 saturated heterocycles. The first-order valence-electron chi connectivity index (χ1n) is 9.87. The molecule has 0 aliphatic heterocycles. The third-order valence-corrected chi connectivity index (χ3v) is 6.16. The van der Waals surface area contributed by atoms with Gasteiger partial charge in [0.2, 0.25) is 11.1 Å². The lowest BCUT2D eigenvalue weighted by Gasteiger charge is -2.20. The Kier molecular flexibility index (Phi) is 7.59. The van der Waals surface area contributed by atoms with Crippen molar-refractivity contribution in [2.75, 3.05) is 18.7 Å². The van der Waals surface area contributed by atoms with Crippen molar-refractivity contribution in [2.24, 2.45) is 5.92 Å². The minimum Gasteiger partial charge on any atom is -0.497 e. The van der Waals surface area contributed by atoms with Crippen LogP contribution in [0.4, 0.5) is 0 Å². The normalized spacial score (nSPS) is 14.8. The van der Waals surface area contributed by atoms with E-state index in [2.05, 4.69) is 15.5 Å². The Balaban J connectivity index is 1.41. The van der Waals surface area contributed by atoms with Crippen LogP contribution in [0.1, 0.15) is 49.9 Å². The molecule has 0 atom stereocenters. The Morgan fingerprint density at radius 2 is 2.00 bits per heavy atom. The second-order valence-corrected chi connectivity index (χ2v) is 8.17. The van der Waals surface area contributed by atoms with Crippen molar-refractivity contribution in [1.29, 1.82) is 0 Å². The number of aromatic nitrogens is 3. The first-order valence-corrected chi connectivity index (χ1v) is 10.9. The zero-order valence-corrected chi connectivity index (χ0v) is 17.2.